The quantitative estimate of drug-likeness (QED) is 0.523. The van der Waals surface area contributed by atoms with Gasteiger partial charge in [-0.25, -0.2) is 0 Å². The van der Waals surface area contributed by atoms with E-state index in [-0.39, 0.29) is 0 Å². The first-order valence-corrected chi connectivity index (χ1v) is 8.40. The van der Waals surface area contributed by atoms with Crippen LogP contribution in [0.25, 0.3) is 22.2 Å². The molecule has 1 heterocycles. The molecule has 0 atom stereocenters. The van der Waals surface area contributed by atoms with E-state index in [1.165, 1.54) is 22.1 Å². The van der Waals surface area contributed by atoms with Crippen LogP contribution in [0.15, 0.2) is 72.8 Å². The molecular formula is C22H20N2O. The average Bonchev–Trinajstić information content (AvgIpc) is 3.01. The molecule has 0 fully saturated rings. The van der Waals surface area contributed by atoms with E-state index in [2.05, 4.69) is 66.2 Å². The molecule has 0 aliphatic rings. The SMILES string of the molecule is COc1ccc(Cn2nc3ccccc3c2-c2ccc(C)cc2)cc1. The van der Waals surface area contributed by atoms with Gasteiger partial charge in [0.25, 0.3) is 0 Å². The fraction of sp³-hybridized carbons (Fsp3) is 0.136. The second-order valence-electron chi connectivity index (χ2n) is 6.24. The number of ether oxygens (including phenoxy) is 1. The van der Waals surface area contributed by atoms with Crippen LogP contribution < -0.4 is 4.74 Å². The van der Waals surface area contributed by atoms with Gasteiger partial charge in [-0.1, -0.05) is 60.2 Å². The molecule has 4 aromatic rings. The zero-order valence-electron chi connectivity index (χ0n) is 14.4. The van der Waals surface area contributed by atoms with Crippen LogP contribution in [-0.4, -0.2) is 16.9 Å². The summed E-state index contributed by atoms with van der Waals surface area (Å²) in [5, 5.41) is 6.02. The molecule has 1 aromatic heterocycles. The van der Waals surface area contributed by atoms with Crippen molar-refractivity contribution < 1.29 is 4.74 Å². The molecule has 3 nitrogen and oxygen atoms in total. The van der Waals surface area contributed by atoms with Crippen molar-refractivity contribution in [3.8, 4) is 17.0 Å². The Labute approximate surface area is 147 Å². The summed E-state index contributed by atoms with van der Waals surface area (Å²) in [4.78, 5) is 0. The largest absolute Gasteiger partial charge is 0.497 e. The van der Waals surface area contributed by atoms with Crippen molar-refractivity contribution >= 4 is 10.9 Å². The Bertz CT molecular complexity index is 999. The van der Waals surface area contributed by atoms with Gasteiger partial charge < -0.3 is 4.74 Å². The first-order valence-electron chi connectivity index (χ1n) is 8.40. The molecule has 124 valence electrons. The van der Waals surface area contributed by atoms with Crippen molar-refractivity contribution in [2.45, 2.75) is 13.5 Å². The van der Waals surface area contributed by atoms with Crippen LogP contribution in [0.2, 0.25) is 0 Å². The number of fused-ring (bicyclic) bond motifs is 1. The van der Waals surface area contributed by atoms with Crippen LogP contribution in [0.5, 0.6) is 5.75 Å². The number of hydrogen-bond donors (Lipinski definition) is 0. The Balaban J connectivity index is 1.82. The Morgan fingerprint density at radius 1 is 0.880 bits per heavy atom. The molecular weight excluding hydrogens is 308 g/mol. The molecule has 0 radical (unpaired) electrons. The predicted octanol–water partition coefficient (Wildman–Crippen LogP) is 5.07. The number of nitrogens with zero attached hydrogens (tertiary/aromatic N) is 2. The highest BCUT2D eigenvalue weighted by Gasteiger charge is 2.13. The van der Waals surface area contributed by atoms with Gasteiger partial charge >= 0.3 is 0 Å². The number of methoxy groups -OCH3 is 1. The monoisotopic (exact) mass is 328 g/mol. The van der Waals surface area contributed by atoms with E-state index in [1.807, 2.05) is 18.2 Å². The van der Waals surface area contributed by atoms with Gasteiger partial charge in [-0.2, -0.15) is 5.10 Å². The van der Waals surface area contributed by atoms with Crippen LogP contribution in [0.1, 0.15) is 11.1 Å². The maximum Gasteiger partial charge on any atom is 0.118 e. The molecule has 25 heavy (non-hydrogen) atoms. The van der Waals surface area contributed by atoms with E-state index >= 15 is 0 Å². The molecule has 0 unspecified atom stereocenters. The topological polar surface area (TPSA) is 27.1 Å². The molecule has 0 bridgehead atoms. The molecule has 3 aromatic carbocycles. The summed E-state index contributed by atoms with van der Waals surface area (Å²) in [5.74, 6) is 0.869. The van der Waals surface area contributed by atoms with Crippen molar-refractivity contribution in [2.24, 2.45) is 0 Å². The van der Waals surface area contributed by atoms with E-state index in [4.69, 9.17) is 9.84 Å². The van der Waals surface area contributed by atoms with Gasteiger partial charge in [0.15, 0.2) is 0 Å². The normalized spacial score (nSPS) is 11.0. The lowest BCUT2D eigenvalue weighted by atomic mass is 10.1. The fourth-order valence-electron chi connectivity index (χ4n) is 3.11. The third-order valence-electron chi connectivity index (χ3n) is 4.46. The predicted molar refractivity (Wildman–Crippen MR) is 102 cm³/mol. The highest BCUT2D eigenvalue weighted by Crippen LogP contribution is 2.29. The van der Waals surface area contributed by atoms with E-state index < -0.39 is 0 Å². The second kappa shape index (κ2) is 6.44. The number of rotatable bonds is 4. The van der Waals surface area contributed by atoms with Crippen LogP contribution in [0, 0.1) is 6.92 Å². The minimum Gasteiger partial charge on any atom is -0.497 e. The Kier molecular flexibility index (Phi) is 3.98. The van der Waals surface area contributed by atoms with E-state index in [1.54, 1.807) is 7.11 Å². The third kappa shape index (κ3) is 3.01. The van der Waals surface area contributed by atoms with E-state index in [0.29, 0.717) is 0 Å². The van der Waals surface area contributed by atoms with Crippen LogP contribution in [-0.2, 0) is 6.54 Å². The number of hydrogen-bond acceptors (Lipinski definition) is 2. The smallest absolute Gasteiger partial charge is 0.118 e. The van der Waals surface area contributed by atoms with Crippen molar-refractivity contribution in [3.63, 3.8) is 0 Å². The molecule has 3 heteroatoms. The maximum atomic E-state index is 5.25. The molecule has 0 spiro atoms. The summed E-state index contributed by atoms with van der Waals surface area (Å²) in [5.41, 5.74) is 5.82. The third-order valence-corrected chi connectivity index (χ3v) is 4.46. The summed E-state index contributed by atoms with van der Waals surface area (Å²) >= 11 is 0. The molecule has 0 saturated heterocycles. The molecule has 0 amide bonds. The fourth-order valence-corrected chi connectivity index (χ4v) is 3.11. The Hall–Kier alpha value is -3.07. The number of aryl methyl sites for hydroxylation is 1. The summed E-state index contributed by atoms with van der Waals surface area (Å²) in [6, 6.07) is 25.1. The Morgan fingerprint density at radius 2 is 1.60 bits per heavy atom. The average molecular weight is 328 g/mol. The Morgan fingerprint density at radius 3 is 2.32 bits per heavy atom. The summed E-state index contributed by atoms with van der Waals surface area (Å²) < 4.78 is 7.34. The van der Waals surface area contributed by atoms with Crippen molar-refractivity contribution in [3.05, 3.63) is 83.9 Å². The molecule has 0 N–H and O–H groups in total. The highest BCUT2D eigenvalue weighted by atomic mass is 16.5. The molecule has 0 aliphatic heterocycles. The van der Waals surface area contributed by atoms with Crippen LogP contribution in [0.4, 0.5) is 0 Å². The zero-order chi connectivity index (χ0) is 17.2. The van der Waals surface area contributed by atoms with Crippen LogP contribution in [0.3, 0.4) is 0 Å². The minimum absolute atomic E-state index is 0.724. The second-order valence-corrected chi connectivity index (χ2v) is 6.24. The first kappa shape index (κ1) is 15.5. The maximum absolute atomic E-state index is 5.25. The van der Waals surface area contributed by atoms with E-state index in [9.17, 15) is 0 Å². The van der Waals surface area contributed by atoms with Crippen molar-refractivity contribution in [1.82, 2.24) is 9.78 Å². The lowest BCUT2D eigenvalue weighted by Crippen LogP contribution is -2.03. The van der Waals surface area contributed by atoms with Gasteiger partial charge in [0.1, 0.15) is 5.75 Å². The molecule has 0 aliphatic carbocycles. The van der Waals surface area contributed by atoms with Gasteiger partial charge in [0, 0.05) is 10.9 Å². The highest BCUT2D eigenvalue weighted by molar-refractivity contribution is 5.93. The summed E-state index contributed by atoms with van der Waals surface area (Å²) in [6.45, 7) is 2.83. The number of benzene rings is 3. The minimum atomic E-state index is 0.724. The van der Waals surface area contributed by atoms with E-state index in [0.717, 1.165) is 23.5 Å². The standard InChI is InChI=1S/C22H20N2O/c1-16-7-11-18(12-8-16)22-20-5-3-4-6-21(20)23-24(22)15-17-9-13-19(25-2)14-10-17/h3-14H,15H2,1-2H3. The summed E-state index contributed by atoms with van der Waals surface area (Å²) in [7, 11) is 1.69. The molecule has 0 saturated carbocycles. The van der Waals surface area contributed by atoms with Gasteiger partial charge in [-0.3, -0.25) is 4.68 Å². The molecule has 4 rings (SSSR count). The van der Waals surface area contributed by atoms with Crippen molar-refractivity contribution in [1.29, 1.82) is 0 Å². The van der Waals surface area contributed by atoms with Crippen LogP contribution >= 0.6 is 0 Å². The lowest BCUT2D eigenvalue weighted by molar-refractivity contribution is 0.414. The first-order chi connectivity index (χ1) is 12.2. The van der Waals surface area contributed by atoms with Gasteiger partial charge in [0.05, 0.1) is 24.9 Å². The van der Waals surface area contributed by atoms with Gasteiger partial charge in [0.2, 0.25) is 0 Å². The zero-order valence-corrected chi connectivity index (χ0v) is 14.4. The van der Waals surface area contributed by atoms with Crippen molar-refractivity contribution in [2.75, 3.05) is 7.11 Å². The summed E-state index contributed by atoms with van der Waals surface area (Å²) in [6.07, 6.45) is 0. The lowest BCUT2D eigenvalue weighted by Gasteiger charge is -2.09. The van der Waals surface area contributed by atoms with Gasteiger partial charge in [-0.15, -0.1) is 0 Å². The van der Waals surface area contributed by atoms with Gasteiger partial charge in [-0.05, 0) is 30.7 Å². The number of aromatic nitrogens is 2.